The van der Waals surface area contributed by atoms with Crippen molar-refractivity contribution in [3.63, 3.8) is 0 Å². The number of amides is 1. The molecule has 2 aromatic carbocycles. The Morgan fingerprint density at radius 3 is 2.26 bits per heavy atom. The number of pyridine rings is 1. The number of hydrogen-bond donors (Lipinski definition) is 3. The van der Waals surface area contributed by atoms with E-state index >= 15 is 0 Å². The Labute approximate surface area is 201 Å². The second-order valence-corrected chi connectivity index (χ2v) is 8.48. The van der Waals surface area contributed by atoms with Crippen molar-refractivity contribution in [2.75, 3.05) is 25.0 Å². The van der Waals surface area contributed by atoms with Gasteiger partial charge in [-0.05, 0) is 48.2 Å². The number of aromatic nitrogens is 1. The van der Waals surface area contributed by atoms with Gasteiger partial charge in [-0.3, -0.25) is 9.78 Å². The molecule has 1 aromatic heterocycles. The highest BCUT2D eigenvalue weighted by atomic mass is 19.1. The number of benzene rings is 2. The minimum atomic E-state index is -1.13. The fraction of sp³-hybridized carbons (Fsp3) is 0.308. The Bertz CT molecular complexity index is 1090. The predicted octanol–water partition coefficient (Wildman–Crippen LogP) is 3.52. The van der Waals surface area contributed by atoms with Crippen molar-refractivity contribution >= 4 is 11.6 Å². The maximum absolute atomic E-state index is 14.6. The van der Waals surface area contributed by atoms with Crippen LogP contribution in [0.25, 0.3) is 0 Å². The fourth-order valence-corrected chi connectivity index (χ4v) is 4.25. The summed E-state index contributed by atoms with van der Waals surface area (Å²) in [6, 6.07) is 10.1. The van der Waals surface area contributed by atoms with Crippen LogP contribution in [0, 0.1) is 17.5 Å². The first-order valence-electron chi connectivity index (χ1n) is 11.4. The van der Waals surface area contributed by atoms with Gasteiger partial charge in [-0.2, -0.15) is 0 Å². The number of nitrogens with two attached hydrogens (primary N) is 1. The van der Waals surface area contributed by atoms with Gasteiger partial charge in [-0.15, -0.1) is 0 Å². The summed E-state index contributed by atoms with van der Waals surface area (Å²) in [4.78, 5) is 17.1. The summed E-state index contributed by atoms with van der Waals surface area (Å²) >= 11 is 0. The van der Waals surface area contributed by atoms with Crippen LogP contribution >= 0.6 is 0 Å². The molecule has 1 aliphatic rings. The van der Waals surface area contributed by atoms with Crippen LogP contribution in [0.1, 0.15) is 29.0 Å². The third-order valence-electron chi connectivity index (χ3n) is 6.10. The van der Waals surface area contributed by atoms with E-state index in [1.807, 2.05) is 0 Å². The van der Waals surface area contributed by atoms with Crippen LogP contribution < -0.4 is 16.4 Å². The highest BCUT2D eigenvalue weighted by Crippen LogP contribution is 2.29. The normalized spacial score (nSPS) is 16.8. The smallest absolute Gasteiger partial charge is 0.242 e. The maximum Gasteiger partial charge on any atom is 0.242 e. The van der Waals surface area contributed by atoms with E-state index in [9.17, 15) is 18.0 Å². The van der Waals surface area contributed by atoms with E-state index in [-0.39, 0.29) is 11.8 Å². The van der Waals surface area contributed by atoms with Gasteiger partial charge in [0.25, 0.3) is 0 Å². The lowest BCUT2D eigenvalue weighted by Crippen LogP contribution is -2.41. The first-order chi connectivity index (χ1) is 16.9. The van der Waals surface area contributed by atoms with Gasteiger partial charge in [0.2, 0.25) is 5.91 Å². The molecule has 2 atom stereocenters. The molecule has 4 N–H and O–H groups in total. The largest absolute Gasteiger partial charge is 0.376 e. The summed E-state index contributed by atoms with van der Waals surface area (Å²) < 4.78 is 47.4. The molecule has 0 spiro atoms. The molecule has 1 aliphatic heterocycles. The average Bonchev–Trinajstić information content (AvgIpc) is 2.86. The lowest BCUT2D eigenvalue weighted by Gasteiger charge is -2.25. The number of halogens is 3. The minimum absolute atomic E-state index is 0.0524. The topological polar surface area (TPSA) is 89.3 Å². The highest BCUT2D eigenvalue weighted by Gasteiger charge is 2.29. The number of nitrogens with zero attached hydrogens (tertiary/aromatic N) is 1. The van der Waals surface area contributed by atoms with Gasteiger partial charge in [0.05, 0.1) is 36.8 Å². The first-order valence-corrected chi connectivity index (χ1v) is 11.4. The van der Waals surface area contributed by atoms with E-state index in [0.29, 0.717) is 42.7 Å². The van der Waals surface area contributed by atoms with Gasteiger partial charge in [0, 0.05) is 24.6 Å². The average molecular weight is 485 g/mol. The number of nitrogens with one attached hydrogen (secondary N) is 2. The molecule has 0 radical (unpaired) electrons. The number of anilines is 1. The van der Waals surface area contributed by atoms with Gasteiger partial charge in [0.1, 0.15) is 17.5 Å². The zero-order chi connectivity index (χ0) is 24.8. The van der Waals surface area contributed by atoms with Crippen molar-refractivity contribution in [1.29, 1.82) is 0 Å². The molecule has 1 amide bonds. The third-order valence-corrected chi connectivity index (χ3v) is 6.10. The Balaban J connectivity index is 1.56. The zero-order valence-electron chi connectivity index (χ0n) is 19.0. The molecule has 184 valence electrons. The van der Waals surface area contributed by atoms with Crippen LogP contribution in [0.4, 0.5) is 18.9 Å². The summed E-state index contributed by atoms with van der Waals surface area (Å²) in [5.74, 6) is -2.67. The molecule has 9 heteroatoms. The van der Waals surface area contributed by atoms with Crippen LogP contribution in [-0.4, -0.2) is 42.7 Å². The molecule has 1 fully saturated rings. The van der Waals surface area contributed by atoms with Crippen molar-refractivity contribution in [2.24, 2.45) is 5.73 Å². The first kappa shape index (κ1) is 24.8. The Morgan fingerprint density at radius 1 is 1.06 bits per heavy atom. The molecule has 2 heterocycles. The molecule has 1 saturated heterocycles. The number of hydrogen-bond acceptors (Lipinski definition) is 5. The monoisotopic (exact) mass is 484 g/mol. The van der Waals surface area contributed by atoms with Crippen LogP contribution in [0.2, 0.25) is 0 Å². The van der Waals surface area contributed by atoms with Crippen molar-refractivity contribution < 1.29 is 22.7 Å². The summed E-state index contributed by atoms with van der Waals surface area (Å²) in [5.41, 5.74) is 8.10. The van der Waals surface area contributed by atoms with Crippen molar-refractivity contribution in [3.8, 4) is 0 Å². The van der Waals surface area contributed by atoms with Crippen LogP contribution in [0.15, 0.2) is 60.9 Å². The number of morpholine rings is 1. The predicted molar refractivity (Wildman–Crippen MR) is 126 cm³/mol. The van der Waals surface area contributed by atoms with Crippen LogP contribution in [-0.2, 0) is 16.0 Å². The highest BCUT2D eigenvalue weighted by molar-refractivity contribution is 5.96. The maximum atomic E-state index is 14.6. The molecule has 0 unspecified atom stereocenters. The van der Waals surface area contributed by atoms with E-state index in [1.165, 1.54) is 54.7 Å². The summed E-state index contributed by atoms with van der Waals surface area (Å²) in [5, 5.41) is 5.94. The SMILES string of the molecule is N[C@H](C(=O)Nc1cncc(F)c1CC[C@@H]1CNCCO1)C(c1ccc(F)cc1)c1ccc(F)cc1. The molecular weight excluding hydrogens is 457 g/mol. The number of rotatable bonds is 8. The lowest BCUT2D eigenvalue weighted by atomic mass is 9.85. The van der Waals surface area contributed by atoms with Gasteiger partial charge in [-0.25, -0.2) is 13.2 Å². The zero-order valence-corrected chi connectivity index (χ0v) is 19.0. The van der Waals surface area contributed by atoms with E-state index in [1.54, 1.807) is 0 Å². The molecule has 4 rings (SSSR count). The summed E-state index contributed by atoms with van der Waals surface area (Å²) in [6.07, 6.45) is 3.34. The van der Waals surface area contributed by atoms with Crippen LogP contribution in [0.5, 0.6) is 0 Å². The van der Waals surface area contributed by atoms with Gasteiger partial charge in [-0.1, -0.05) is 24.3 Å². The van der Waals surface area contributed by atoms with E-state index in [2.05, 4.69) is 15.6 Å². The van der Waals surface area contributed by atoms with E-state index in [0.717, 1.165) is 12.7 Å². The van der Waals surface area contributed by atoms with E-state index in [4.69, 9.17) is 10.5 Å². The Morgan fingerprint density at radius 2 is 1.69 bits per heavy atom. The van der Waals surface area contributed by atoms with Gasteiger partial charge >= 0.3 is 0 Å². The molecule has 35 heavy (non-hydrogen) atoms. The Kier molecular flexibility index (Phi) is 8.12. The quantitative estimate of drug-likeness (QED) is 0.455. The second-order valence-electron chi connectivity index (χ2n) is 8.48. The summed E-state index contributed by atoms with van der Waals surface area (Å²) in [6.45, 7) is 2.05. The number of carbonyl (C=O) groups is 1. The summed E-state index contributed by atoms with van der Waals surface area (Å²) in [7, 11) is 0. The third kappa shape index (κ3) is 6.25. The van der Waals surface area contributed by atoms with Crippen LogP contribution in [0.3, 0.4) is 0 Å². The molecule has 3 aromatic rings. The standard InChI is InChI=1S/C26H27F3N4O2/c27-18-5-1-16(2-6-18)24(17-3-7-19(28)8-4-17)25(30)26(34)33-23-15-32-14-22(29)21(23)10-9-20-13-31-11-12-35-20/h1-8,14-15,20,24-25,31H,9-13,30H2,(H,33,34)/t20-,25+/m1/s1. The lowest BCUT2D eigenvalue weighted by molar-refractivity contribution is -0.117. The number of ether oxygens (including phenoxy) is 1. The van der Waals surface area contributed by atoms with Crippen molar-refractivity contribution in [2.45, 2.75) is 30.9 Å². The molecule has 6 nitrogen and oxygen atoms in total. The molecule has 0 aliphatic carbocycles. The number of carbonyl (C=O) groups excluding carboxylic acids is 1. The fourth-order valence-electron chi connectivity index (χ4n) is 4.25. The Hall–Kier alpha value is -3.27. The molecular formula is C26H27F3N4O2. The van der Waals surface area contributed by atoms with Crippen molar-refractivity contribution in [3.05, 3.63) is 95.1 Å². The minimum Gasteiger partial charge on any atom is -0.376 e. The van der Waals surface area contributed by atoms with E-state index < -0.39 is 35.3 Å². The molecule has 0 saturated carbocycles. The van der Waals surface area contributed by atoms with Gasteiger partial charge < -0.3 is 21.1 Å². The van der Waals surface area contributed by atoms with Crippen molar-refractivity contribution in [1.82, 2.24) is 10.3 Å². The molecule has 0 bridgehead atoms. The van der Waals surface area contributed by atoms with Gasteiger partial charge in [0.15, 0.2) is 0 Å². The second kappa shape index (κ2) is 11.4.